The fourth-order valence-corrected chi connectivity index (χ4v) is 4.09. The fourth-order valence-electron chi connectivity index (χ4n) is 2.95. The quantitative estimate of drug-likeness (QED) is 0.580. The van der Waals surface area contributed by atoms with Crippen molar-refractivity contribution in [2.75, 3.05) is 6.61 Å². The number of aliphatic imine (C=N–C) groups is 1. The summed E-state index contributed by atoms with van der Waals surface area (Å²) in [5.41, 5.74) is 2.47. The molecule has 136 valence electrons. The van der Waals surface area contributed by atoms with Gasteiger partial charge in [0.15, 0.2) is 5.06 Å². The summed E-state index contributed by atoms with van der Waals surface area (Å²) in [6.07, 6.45) is -0.165. The minimum absolute atomic E-state index is 0.0937. The number of carboxylic acids is 1. The number of aliphatic hydroxyl groups is 1. The Labute approximate surface area is 158 Å². The van der Waals surface area contributed by atoms with E-state index in [1.165, 1.54) is 11.3 Å². The maximum absolute atomic E-state index is 12.7. The summed E-state index contributed by atoms with van der Waals surface area (Å²) in [6, 6.07) is 1.66. The van der Waals surface area contributed by atoms with Crippen LogP contribution in [0.1, 0.15) is 32.3 Å². The van der Waals surface area contributed by atoms with Crippen molar-refractivity contribution < 1.29 is 24.5 Å². The van der Waals surface area contributed by atoms with Gasteiger partial charge in [0.2, 0.25) is 5.78 Å². The Kier molecular flexibility index (Phi) is 5.02. The van der Waals surface area contributed by atoms with Gasteiger partial charge < -0.3 is 14.9 Å². The van der Waals surface area contributed by atoms with Crippen LogP contribution < -0.4 is 4.74 Å². The topological polar surface area (TPSA) is 96.2 Å². The number of allylic oxidation sites excluding steroid dienone is 4. The molecule has 0 radical (unpaired) electrons. The maximum atomic E-state index is 12.7. The highest BCUT2D eigenvalue weighted by molar-refractivity contribution is 7.12. The van der Waals surface area contributed by atoms with Gasteiger partial charge in [0.25, 0.3) is 0 Å². The summed E-state index contributed by atoms with van der Waals surface area (Å²) in [7, 11) is 0. The predicted octanol–water partition coefficient (Wildman–Crippen LogP) is 4.08. The number of Topliss-reactive ketones (excluding diaryl/α,β-unsaturated/α-hetero) is 1. The first kappa shape index (κ1) is 18.4. The van der Waals surface area contributed by atoms with Crippen LogP contribution in [0.3, 0.4) is 0 Å². The zero-order valence-corrected chi connectivity index (χ0v) is 15.7. The van der Waals surface area contributed by atoms with Crippen LogP contribution in [-0.4, -0.2) is 34.3 Å². The van der Waals surface area contributed by atoms with E-state index in [4.69, 9.17) is 21.4 Å². The van der Waals surface area contributed by atoms with Crippen molar-refractivity contribution in [2.45, 2.75) is 26.7 Å². The van der Waals surface area contributed by atoms with Crippen LogP contribution in [0.15, 0.2) is 43.9 Å². The fraction of sp³-hybridized carbons (Fsp3) is 0.278. The number of rotatable bonds is 5. The molecule has 3 rings (SSSR count). The Balaban J connectivity index is 2.01. The van der Waals surface area contributed by atoms with E-state index in [2.05, 4.69) is 4.99 Å². The lowest BCUT2D eigenvalue weighted by Crippen LogP contribution is -2.21. The van der Waals surface area contributed by atoms with Gasteiger partial charge in [0.1, 0.15) is 5.76 Å². The first-order valence-electron chi connectivity index (χ1n) is 7.91. The zero-order chi connectivity index (χ0) is 19.0. The van der Waals surface area contributed by atoms with Gasteiger partial charge in [0, 0.05) is 40.3 Å². The SMILES string of the molecule is CCOc1cc(C(O)=C2CC3=NC(C)=C(CC(=O)O)C3=C(Cl)C2=O)cs1. The molecule has 0 unspecified atom stereocenters. The van der Waals surface area contributed by atoms with Crippen molar-refractivity contribution in [3.8, 4) is 5.06 Å². The summed E-state index contributed by atoms with van der Waals surface area (Å²) in [4.78, 5) is 28.1. The molecule has 1 aliphatic heterocycles. The molecule has 1 aromatic rings. The second-order valence-corrected chi connectivity index (χ2v) is 7.05. The molecule has 1 aromatic heterocycles. The predicted molar refractivity (Wildman–Crippen MR) is 99.9 cm³/mol. The Morgan fingerprint density at radius 1 is 1.42 bits per heavy atom. The number of aliphatic hydroxyl groups excluding tert-OH is 1. The number of carboxylic acid groups (broad SMARTS) is 1. The van der Waals surface area contributed by atoms with Gasteiger partial charge in [-0.15, -0.1) is 11.3 Å². The molecular weight excluding hydrogens is 378 g/mol. The van der Waals surface area contributed by atoms with Gasteiger partial charge in [-0.1, -0.05) is 11.6 Å². The minimum Gasteiger partial charge on any atom is -0.507 e. The van der Waals surface area contributed by atoms with E-state index in [0.29, 0.717) is 39.8 Å². The first-order chi connectivity index (χ1) is 12.3. The number of hydrogen-bond acceptors (Lipinski definition) is 6. The van der Waals surface area contributed by atoms with Gasteiger partial charge >= 0.3 is 5.97 Å². The van der Waals surface area contributed by atoms with E-state index in [-0.39, 0.29) is 29.2 Å². The summed E-state index contributed by atoms with van der Waals surface area (Å²) in [6.45, 7) is 4.04. The monoisotopic (exact) mass is 393 g/mol. The highest BCUT2D eigenvalue weighted by Gasteiger charge is 2.36. The van der Waals surface area contributed by atoms with Crippen LogP contribution in [-0.2, 0) is 9.59 Å². The Morgan fingerprint density at radius 2 is 2.15 bits per heavy atom. The van der Waals surface area contributed by atoms with Crippen LogP contribution in [0.25, 0.3) is 5.76 Å². The molecule has 8 heteroatoms. The van der Waals surface area contributed by atoms with Crippen LogP contribution in [0.4, 0.5) is 0 Å². The Hall–Kier alpha value is -2.38. The van der Waals surface area contributed by atoms with Gasteiger partial charge in [-0.05, 0) is 19.4 Å². The zero-order valence-electron chi connectivity index (χ0n) is 14.1. The third-order valence-electron chi connectivity index (χ3n) is 4.12. The molecule has 1 aliphatic carbocycles. The molecule has 0 saturated carbocycles. The van der Waals surface area contributed by atoms with Gasteiger partial charge in [0.05, 0.1) is 23.8 Å². The lowest BCUT2D eigenvalue weighted by atomic mass is 9.86. The number of carbonyl (C=O) groups is 2. The smallest absolute Gasteiger partial charge is 0.307 e. The maximum Gasteiger partial charge on any atom is 0.307 e. The average molecular weight is 394 g/mol. The largest absolute Gasteiger partial charge is 0.507 e. The van der Waals surface area contributed by atoms with Gasteiger partial charge in [-0.2, -0.15) is 0 Å². The average Bonchev–Trinajstić information content (AvgIpc) is 3.16. The van der Waals surface area contributed by atoms with Crippen LogP contribution in [0.5, 0.6) is 5.06 Å². The lowest BCUT2D eigenvalue weighted by molar-refractivity contribution is -0.136. The van der Waals surface area contributed by atoms with Crippen molar-refractivity contribution >= 4 is 46.2 Å². The highest BCUT2D eigenvalue weighted by Crippen LogP contribution is 2.41. The van der Waals surface area contributed by atoms with Gasteiger partial charge in [-0.25, -0.2) is 0 Å². The first-order valence-corrected chi connectivity index (χ1v) is 9.17. The summed E-state index contributed by atoms with van der Waals surface area (Å²) in [5, 5.41) is 21.9. The lowest BCUT2D eigenvalue weighted by Gasteiger charge is -2.19. The van der Waals surface area contributed by atoms with E-state index >= 15 is 0 Å². The van der Waals surface area contributed by atoms with E-state index in [9.17, 15) is 14.7 Å². The molecule has 2 N–H and O–H groups in total. The van der Waals surface area contributed by atoms with E-state index in [1.54, 1.807) is 18.4 Å². The van der Waals surface area contributed by atoms with E-state index in [0.717, 1.165) is 0 Å². The third-order valence-corrected chi connectivity index (χ3v) is 5.32. The molecular formula is C18H16ClNO5S. The molecule has 0 bridgehead atoms. The van der Waals surface area contributed by atoms with Crippen LogP contribution >= 0.6 is 22.9 Å². The van der Waals surface area contributed by atoms with Crippen molar-refractivity contribution in [3.05, 3.63) is 44.5 Å². The Bertz CT molecular complexity index is 935. The molecule has 2 heterocycles. The summed E-state index contributed by atoms with van der Waals surface area (Å²) in [5.74, 6) is -1.70. The normalized spacial score (nSPS) is 18.9. The number of aliphatic carboxylic acids is 1. The molecule has 26 heavy (non-hydrogen) atoms. The number of halogens is 1. The van der Waals surface area contributed by atoms with Crippen molar-refractivity contribution in [3.63, 3.8) is 0 Å². The molecule has 0 aromatic carbocycles. The summed E-state index contributed by atoms with van der Waals surface area (Å²) >= 11 is 7.57. The van der Waals surface area contributed by atoms with Crippen molar-refractivity contribution in [1.82, 2.24) is 0 Å². The second-order valence-electron chi connectivity index (χ2n) is 5.80. The molecule has 0 atom stereocenters. The number of hydrogen-bond donors (Lipinski definition) is 2. The molecule has 0 amide bonds. The summed E-state index contributed by atoms with van der Waals surface area (Å²) < 4.78 is 5.38. The van der Waals surface area contributed by atoms with Crippen molar-refractivity contribution in [2.24, 2.45) is 4.99 Å². The van der Waals surface area contributed by atoms with E-state index in [1.807, 2.05) is 6.92 Å². The molecule has 0 saturated heterocycles. The van der Waals surface area contributed by atoms with Gasteiger partial charge in [-0.3, -0.25) is 14.6 Å². The van der Waals surface area contributed by atoms with E-state index < -0.39 is 11.8 Å². The number of fused-ring (bicyclic) bond motifs is 1. The number of ether oxygens (including phenoxy) is 1. The number of thiophene rings is 1. The molecule has 0 spiro atoms. The standard InChI is InChI=1S/C18H16ClNO5S/c1-3-25-14-4-9(7-26-14)17(23)11-5-12-15(16(19)18(11)24)10(6-13(21)22)8(2)20-12/h4,7,23H,3,5-6H2,1-2H3,(H,21,22). The molecule has 2 aliphatic rings. The number of nitrogens with zero attached hydrogens (tertiary/aromatic N) is 1. The number of ketones is 1. The third kappa shape index (κ3) is 3.20. The molecule has 6 nitrogen and oxygen atoms in total. The minimum atomic E-state index is -1.02. The van der Waals surface area contributed by atoms with Crippen molar-refractivity contribution in [1.29, 1.82) is 0 Å². The second kappa shape index (κ2) is 7.09. The van der Waals surface area contributed by atoms with Crippen LogP contribution in [0.2, 0.25) is 0 Å². The number of carbonyl (C=O) groups excluding carboxylic acids is 1. The van der Waals surface area contributed by atoms with Crippen LogP contribution in [0, 0.1) is 0 Å². The highest BCUT2D eigenvalue weighted by atomic mass is 35.5. The molecule has 0 fully saturated rings. The Morgan fingerprint density at radius 3 is 2.81 bits per heavy atom.